The maximum absolute atomic E-state index is 11.7. The lowest BCUT2D eigenvalue weighted by Crippen LogP contribution is -2.36. The Hall–Kier alpha value is -2.02. The van der Waals surface area contributed by atoms with Crippen LogP contribution in [-0.4, -0.2) is 18.6 Å². The van der Waals surface area contributed by atoms with Crippen LogP contribution in [0.4, 0.5) is 0 Å². The molecule has 0 heterocycles. The Morgan fingerprint density at radius 2 is 2.11 bits per heavy atom. The average Bonchev–Trinajstić information content (AvgIpc) is 2.89. The first-order chi connectivity index (χ1) is 8.79. The monoisotopic (exact) mass is 244 g/mol. The molecule has 0 aromatic heterocycles. The molecule has 0 aliphatic heterocycles. The first-order valence-electron chi connectivity index (χ1n) is 6.21. The third kappa shape index (κ3) is 3.24. The van der Waals surface area contributed by atoms with Gasteiger partial charge in [0, 0.05) is 6.04 Å². The molecule has 0 radical (unpaired) electrons. The van der Waals surface area contributed by atoms with E-state index >= 15 is 0 Å². The van der Waals surface area contributed by atoms with Crippen molar-refractivity contribution in [2.75, 3.05) is 6.61 Å². The third-order valence-electron chi connectivity index (χ3n) is 3.09. The number of benzene rings is 1. The summed E-state index contributed by atoms with van der Waals surface area (Å²) in [5.41, 5.74) is 0.450. The van der Waals surface area contributed by atoms with Crippen LogP contribution in [-0.2, 0) is 4.79 Å². The second-order valence-electron chi connectivity index (χ2n) is 4.45. The predicted octanol–water partition coefficient (Wildman–Crippen LogP) is 2.00. The zero-order chi connectivity index (χ0) is 12.8. The van der Waals surface area contributed by atoms with Crippen LogP contribution in [0.1, 0.15) is 31.2 Å². The van der Waals surface area contributed by atoms with E-state index in [1.807, 2.05) is 6.07 Å². The van der Waals surface area contributed by atoms with Crippen LogP contribution in [0.5, 0.6) is 5.75 Å². The van der Waals surface area contributed by atoms with Crippen molar-refractivity contribution in [3.63, 3.8) is 0 Å². The highest BCUT2D eigenvalue weighted by Gasteiger charge is 2.17. The molecule has 1 amide bonds. The van der Waals surface area contributed by atoms with E-state index < -0.39 is 0 Å². The fraction of sp³-hybridized carbons (Fsp3) is 0.429. The molecule has 1 aliphatic carbocycles. The molecule has 94 valence electrons. The van der Waals surface area contributed by atoms with Crippen LogP contribution in [0.3, 0.4) is 0 Å². The summed E-state index contributed by atoms with van der Waals surface area (Å²) in [4.78, 5) is 11.7. The van der Waals surface area contributed by atoms with Gasteiger partial charge in [0.05, 0.1) is 5.56 Å². The van der Waals surface area contributed by atoms with Crippen molar-refractivity contribution >= 4 is 5.91 Å². The van der Waals surface area contributed by atoms with Gasteiger partial charge in [-0.05, 0) is 25.0 Å². The van der Waals surface area contributed by atoms with Gasteiger partial charge in [0.1, 0.15) is 11.8 Å². The van der Waals surface area contributed by atoms with E-state index in [1.165, 1.54) is 12.8 Å². The minimum atomic E-state index is -0.116. The van der Waals surface area contributed by atoms with Crippen molar-refractivity contribution < 1.29 is 9.53 Å². The number of nitrogens with zero attached hydrogens (tertiary/aromatic N) is 1. The van der Waals surface area contributed by atoms with Crippen LogP contribution in [0.25, 0.3) is 0 Å². The maximum atomic E-state index is 11.7. The summed E-state index contributed by atoms with van der Waals surface area (Å²) in [5, 5.41) is 11.8. The van der Waals surface area contributed by atoms with Crippen molar-refractivity contribution in [1.29, 1.82) is 5.26 Å². The summed E-state index contributed by atoms with van der Waals surface area (Å²) >= 11 is 0. The summed E-state index contributed by atoms with van der Waals surface area (Å²) in [7, 11) is 0. The van der Waals surface area contributed by atoms with Gasteiger partial charge in [-0.1, -0.05) is 25.0 Å². The third-order valence-corrected chi connectivity index (χ3v) is 3.09. The lowest BCUT2D eigenvalue weighted by Gasteiger charge is -2.12. The largest absolute Gasteiger partial charge is 0.482 e. The van der Waals surface area contributed by atoms with E-state index in [-0.39, 0.29) is 12.5 Å². The van der Waals surface area contributed by atoms with Gasteiger partial charge < -0.3 is 10.1 Å². The lowest BCUT2D eigenvalue weighted by atomic mass is 10.2. The van der Waals surface area contributed by atoms with Gasteiger partial charge in [0.25, 0.3) is 5.91 Å². The molecule has 1 N–H and O–H groups in total. The van der Waals surface area contributed by atoms with Crippen LogP contribution in [0.15, 0.2) is 24.3 Å². The Morgan fingerprint density at radius 3 is 2.83 bits per heavy atom. The summed E-state index contributed by atoms with van der Waals surface area (Å²) in [5.74, 6) is 0.344. The zero-order valence-electron chi connectivity index (χ0n) is 10.2. The molecule has 4 heteroatoms. The lowest BCUT2D eigenvalue weighted by molar-refractivity contribution is -0.123. The van der Waals surface area contributed by atoms with Crippen molar-refractivity contribution in [3.8, 4) is 11.8 Å². The SMILES string of the molecule is N#Cc1ccccc1OCC(=O)NC1CCCC1. The molecule has 18 heavy (non-hydrogen) atoms. The Labute approximate surface area is 107 Å². The molecule has 0 atom stereocenters. The predicted molar refractivity (Wildman–Crippen MR) is 67.1 cm³/mol. The summed E-state index contributed by atoms with van der Waals surface area (Å²) < 4.78 is 5.37. The van der Waals surface area contributed by atoms with Gasteiger partial charge in [-0.2, -0.15) is 5.26 Å². The van der Waals surface area contributed by atoms with Gasteiger partial charge in [-0.15, -0.1) is 0 Å². The van der Waals surface area contributed by atoms with Gasteiger partial charge in [-0.3, -0.25) is 4.79 Å². The molecule has 0 unspecified atom stereocenters. The Kier molecular flexibility index (Phi) is 4.19. The summed E-state index contributed by atoms with van der Waals surface area (Å²) in [6, 6.07) is 9.25. The minimum absolute atomic E-state index is 0.0325. The topological polar surface area (TPSA) is 62.1 Å². The van der Waals surface area contributed by atoms with Gasteiger partial charge in [0.2, 0.25) is 0 Å². The van der Waals surface area contributed by atoms with Crippen LogP contribution >= 0.6 is 0 Å². The van der Waals surface area contributed by atoms with Crippen molar-refractivity contribution in [3.05, 3.63) is 29.8 Å². The molecular formula is C14H16N2O2. The van der Waals surface area contributed by atoms with E-state index in [1.54, 1.807) is 24.3 Å². The number of para-hydroxylation sites is 1. The minimum Gasteiger partial charge on any atom is -0.482 e. The van der Waals surface area contributed by atoms with Crippen LogP contribution in [0.2, 0.25) is 0 Å². The molecule has 1 aromatic carbocycles. The first kappa shape index (κ1) is 12.4. The van der Waals surface area contributed by atoms with E-state index in [0.717, 1.165) is 12.8 Å². The van der Waals surface area contributed by atoms with Crippen LogP contribution < -0.4 is 10.1 Å². The van der Waals surface area contributed by atoms with E-state index in [2.05, 4.69) is 5.32 Å². The molecule has 0 saturated heterocycles. The average molecular weight is 244 g/mol. The van der Waals surface area contributed by atoms with Crippen molar-refractivity contribution in [1.82, 2.24) is 5.32 Å². The summed E-state index contributed by atoms with van der Waals surface area (Å²) in [6.07, 6.45) is 4.48. The molecule has 4 nitrogen and oxygen atoms in total. The number of carbonyl (C=O) groups excluding carboxylic acids is 1. The normalized spacial score (nSPS) is 15.1. The molecule has 1 aliphatic rings. The van der Waals surface area contributed by atoms with Crippen molar-refractivity contribution in [2.24, 2.45) is 0 Å². The van der Waals surface area contributed by atoms with Crippen LogP contribution in [0, 0.1) is 11.3 Å². The Balaban J connectivity index is 1.83. The molecule has 0 spiro atoms. The zero-order valence-corrected chi connectivity index (χ0v) is 10.2. The summed E-state index contributed by atoms with van der Waals surface area (Å²) in [6.45, 7) is -0.0325. The highest BCUT2D eigenvalue weighted by Crippen LogP contribution is 2.18. The molecule has 2 rings (SSSR count). The van der Waals surface area contributed by atoms with Gasteiger partial charge in [0.15, 0.2) is 6.61 Å². The highest BCUT2D eigenvalue weighted by atomic mass is 16.5. The van der Waals surface area contributed by atoms with E-state index in [9.17, 15) is 4.79 Å². The molecule has 1 saturated carbocycles. The number of hydrogen-bond donors (Lipinski definition) is 1. The second kappa shape index (κ2) is 6.06. The molecule has 1 aromatic rings. The molecule has 0 bridgehead atoms. The second-order valence-corrected chi connectivity index (χ2v) is 4.45. The standard InChI is InChI=1S/C14H16N2O2/c15-9-11-5-1-4-8-13(11)18-10-14(17)16-12-6-2-3-7-12/h1,4-5,8,12H,2-3,6-7,10H2,(H,16,17). The van der Waals surface area contributed by atoms with E-state index in [4.69, 9.17) is 10.00 Å². The van der Waals surface area contributed by atoms with Gasteiger partial charge >= 0.3 is 0 Å². The first-order valence-corrected chi connectivity index (χ1v) is 6.21. The quantitative estimate of drug-likeness (QED) is 0.881. The fourth-order valence-electron chi connectivity index (χ4n) is 2.17. The molecule has 1 fully saturated rings. The number of rotatable bonds is 4. The number of nitrogens with one attached hydrogen (secondary N) is 1. The fourth-order valence-corrected chi connectivity index (χ4v) is 2.17. The highest BCUT2D eigenvalue weighted by molar-refractivity contribution is 5.78. The molecular weight excluding hydrogens is 228 g/mol. The number of nitriles is 1. The smallest absolute Gasteiger partial charge is 0.258 e. The Morgan fingerprint density at radius 1 is 1.39 bits per heavy atom. The maximum Gasteiger partial charge on any atom is 0.258 e. The Bertz CT molecular complexity index is 459. The van der Waals surface area contributed by atoms with E-state index in [0.29, 0.717) is 17.4 Å². The van der Waals surface area contributed by atoms with Gasteiger partial charge in [-0.25, -0.2) is 0 Å². The number of amides is 1. The number of ether oxygens (including phenoxy) is 1. The number of hydrogen-bond acceptors (Lipinski definition) is 3. The van der Waals surface area contributed by atoms with Crippen molar-refractivity contribution in [2.45, 2.75) is 31.7 Å². The number of carbonyl (C=O) groups is 1.